The quantitative estimate of drug-likeness (QED) is 0.0749. The van der Waals surface area contributed by atoms with Crippen LogP contribution in [0.25, 0.3) is 0 Å². The predicted octanol–water partition coefficient (Wildman–Crippen LogP) is -4.63. The van der Waals surface area contributed by atoms with Crippen LogP contribution in [0.15, 0.2) is 4.99 Å². The Kier molecular flexibility index (Phi) is 13.1. The van der Waals surface area contributed by atoms with Crippen molar-refractivity contribution < 1.29 is 43.8 Å². The largest absolute Gasteiger partial charge is 0.481 e. The lowest BCUT2D eigenvalue weighted by Gasteiger charge is -2.30. The zero-order valence-electron chi connectivity index (χ0n) is 24.1. The van der Waals surface area contributed by atoms with Crippen molar-refractivity contribution in [3.63, 3.8) is 0 Å². The Labute approximate surface area is 247 Å². The van der Waals surface area contributed by atoms with E-state index in [1.54, 1.807) is 0 Å². The van der Waals surface area contributed by atoms with Gasteiger partial charge in [0.05, 0.1) is 12.5 Å². The van der Waals surface area contributed by atoms with Gasteiger partial charge < -0.3 is 53.2 Å². The van der Waals surface area contributed by atoms with Gasteiger partial charge in [-0.3, -0.25) is 38.6 Å². The van der Waals surface area contributed by atoms with Crippen molar-refractivity contribution in [3.05, 3.63) is 0 Å². The van der Waals surface area contributed by atoms with Crippen LogP contribution in [-0.2, 0) is 33.6 Å². The first-order chi connectivity index (χ1) is 20.2. The molecule has 43 heavy (non-hydrogen) atoms. The first-order valence-electron chi connectivity index (χ1n) is 13.9. The van der Waals surface area contributed by atoms with Crippen LogP contribution in [0, 0.1) is 0 Å². The standard InChI is InChI=1S/C25H41N9O9/c1-12-20(39)33-19(13(2)35)23(42)32-15(11-18(37)38)21(40)31-14(5-3-8-29-25(26)27)24(43)34-10-4-6-16(34)22(41)28-9-7-17(36)30-12/h12-16,19,35H,3-11H2,1-2H3,(H,28,41)(H,30,36)(H,31,40)(H,32,42)(H,33,39)(H,37,38)(H4,26,27,29)/t12-,13+,14-,15-,16-,19-/m0/s1. The number of fused-ring (bicyclic) bond motifs is 1. The van der Waals surface area contributed by atoms with Crippen LogP contribution in [0.2, 0.25) is 0 Å². The van der Waals surface area contributed by atoms with Crippen LogP contribution in [0.4, 0.5) is 0 Å². The molecule has 0 aromatic carbocycles. The second-order valence-corrected chi connectivity index (χ2v) is 10.4. The van der Waals surface area contributed by atoms with E-state index in [1.165, 1.54) is 18.7 Å². The monoisotopic (exact) mass is 611 g/mol. The molecule has 2 heterocycles. The number of amides is 6. The molecule has 11 N–H and O–H groups in total. The number of carboxylic acids is 1. The number of aliphatic hydroxyl groups excluding tert-OH is 1. The molecule has 0 aromatic rings. The molecule has 18 nitrogen and oxygen atoms in total. The van der Waals surface area contributed by atoms with Gasteiger partial charge in [-0.2, -0.15) is 0 Å². The zero-order valence-corrected chi connectivity index (χ0v) is 24.1. The molecule has 2 aliphatic heterocycles. The molecule has 0 saturated carbocycles. The molecule has 0 bridgehead atoms. The van der Waals surface area contributed by atoms with Crippen molar-refractivity contribution in [2.75, 3.05) is 19.6 Å². The molecule has 0 unspecified atom stereocenters. The lowest BCUT2D eigenvalue weighted by Crippen LogP contribution is -2.61. The number of carboxylic acid groups (broad SMARTS) is 1. The summed E-state index contributed by atoms with van der Waals surface area (Å²) in [4.78, 5) is 94.7. The number of nitrogens with one attached hydrogen (secondary N) is 5. The number of nitrogens with two attached hydrogens (primary N) is 2. The average Bonchev–Trinajstić information content (AvgIpc) is 3.41. The summed E-state index contributed by atoms with van der Waals surface area (Å²) in [7, 11) is 0. The summed E-state index contributed by atoms with van der Waals surface area (Å²) in [6.45, 7) is 2.74. The van der Waals surface area contributed by atoms with Crippen molar-refractivity contribution in [1.29, 1.82) is 0 Å². The zero-order chi connectivity index (χ0) is 32.3. The molecule has 0 aliphatic carbocycles. The lowest BCUT2D eigenvalue weighted by molar-refractivity contribution is -0.143. The van der Waals surface area contributed by atoms with Gasteiger partial charge in [0.1, 0.15) is 30.2 Å². The number of carbonyl (C=O) groups excluding carboxylic acids is 6. The van der Waals surface area contributed by atoms with Crippen molar-refractivity contribution in [3.8, 4) is 0 Å². The summed E-state index contributed by atoms with van der Waals surface area (Å²) in [5, 5.41) is 31.6. The third kappa shape index (κ3) is 10.7. The Bertz CT molecular complexity index is 1110. The van der Waals surface area contributed by atoms with Crippen LogP contribution in [-0.4, -0.2) is 118 Å². The topological polar surface area (TPSA) is 288 Å². The minimum atomic E-state index is -1.71. The second-order valence-electron chi connectivity index (χ2n) is 10.4. The van der Waals surface area contributed by atoms with Crippen molar-refractivity contribution in [1.82, 2.24) is 31.5 Å². The van der Waals surface area contributed by atoms with E-state index < -0.39 is 84.1 Å². The van der Waals surface area contributed by atoms with E-state index in [-0.39, 0.29) is 44.9 Å². The first-order valence-corrected chi connectivity index (χ1v) is 13.9. The number of hydrogen-bond donors (Lipinski definition) is 9. The Morgan fingerprint density at radius 1 is 1.00 bits per heavy atom. The molecule has 2 aliphatic rings. The molecular weight excluding hydrogens is 570 g/mol. The molecule has 6 amide bonds. The van der Waals surface area contributed by atoms with E-state index in [2.05, 4.69) is 31.6 Å². The SMILES string of the molecule is C[C@@H]1NC(=O)CCNC(=O)[C@@H]2CCCN2C(=O)[C@H](CCCN=C(N)N)NC(=O)[C@H](CC(=O)O)NC(=O)[C@H]([C@@H](C)O)NC1=O. The van der Waals surface area contributed by atoms with Gasteiger partial charge in [0.25, 0.3) is 0 Å². The maximum Gasteiger partial charge on any atom is 0.305 e. The van der Waals surface area contributed by atoms with Crippen LogP contribution in [0.1, 0.15) is 52.4 Å². The summed E-state index contributed by atoms with van der Waals surface area (Å²) < 4.78 is 0. The molecule has 2 fully saturated rings. The van der Waals surface area contributed by atoms with E-state index >= 15 is 0 Å². The van der Waals surface area contributed by atoms with E-state index in [1.807, 2.05) is 0 Å². The molecular formula is C25H41N9O9. The number of aliphatic imine (C=N–C) groups is 1. The number of rotatable bonds is 7. The fourth-order valence-corrected chi connectivity index (χ4v) is 4.66. The van der Waals surface area contributed by atoms with Crippen LogP contribution in [0.3, 0.4) is 0 Å². The summed E-state index contributed by atoms with van der Waals surface area (Å²) >= 11 is 0. The third-order valence-electron chi connectivity index (χ3n) is 6.89. The van der Waals surface area contributed by atoms with Gasteiger partial charge in [-0.1, -0.05) is 0 Å². The summed E-state index contributed by atoms with van der Waals surface area (Å²) in [6, 6.07) is -6.63. The Hall–Kier alpha value is -4.48. The van der Waals surface area contributed by atoms with Gasteiger partial charge >= 0.3 is 5.97 Å². The number of carbonyl (C=O) groups is 7. The number of aliphatic carboxylic acids is 1. The van der Waals surface area contributed by atoms with Crippen LogP contribution < -0.4 is 38.1 Å². The smallest absolute Gasteiger partial charge is 0.305 e. The normalized spacial score (nSPS) is 27.1. The van der Waals surface area contributed by atoms with E-state index in [4.69, 9.17) is 11.5 Å². The summed E-state index contributed by atoms with van der Waals surface area (Å²) in [6.07, 6.45) is -1.53. The maximum atomic E-state index is 13.6. The molecule has 0 radical (unpaired) electrons. The number of hydrogen-bond acceptors (Lipinski definition) is 9. The number of guanidine groups is 1. The molecule has 6 atom stereocenters. The van der Waals surface area contributed by atoms with Crippen LogP contribution in [0.5, 0.6) is 0 Å². The molecule has 0 spiro atoms. The third-order valence-corrected chi connectivity index (χ3v) is 6.89. The molecule has 0 aromatic heterocycles. The minimum Gasteiger partial charge on any atom is -0.481 e. The number of aliphatic hydroxyl groups is 1. The minimum absolute atomic E-state index is 0.00431. The summed E-state index contributed by atoms with van der Waals surface area (Å²) in [5.41, 5.74) is 10.7. The highest BCUT2D eigenvalue weighted by molar-refractivity contribution is 5.98. The highest BCUT2D eigenvalue weighted by Crippen LogP contribution is 2.20. The number of nitrogens with zero attached hydrogens (tertiary/aromatic N) is 2. The fraction of sp³-hybridized carbons (Fsp3) is 0.680. The molecule has 18 heteroatoms. The van der Waals surface area contributed by atoms with Gasteiger partial charge in [-0.05, 0) is 39.5 Å². The van der Waals surface area contributed by atoms with E-state index in [0.717, 1.165) is 0 Å². The predicted molar refractivity (Wildman–Crippen MR) is 150 cm³/mol. The van der Waals surface area contributed by atoms with Gasteiger partial charge in [0.15, 0.2) is 5.96 Å². The maximum absolute atomic E-state index is 13.6. The van der Waals surface area contributed by atoms with Crippen molar-refractivity contribution >= 4 is 47.4 Å². The van der Waals surface area contributed by atoms with Gasteiger partial charge in [0, 0.05) is 26.1 Å². The van der Waals surface area contributed by atoms with Gasteiger partial charge in [0.2, 0.25) is 35.4 Å². The van der Waals surface area contributed by atoms with E-state index in [0.29, 0.717) is 12.8 Å². The Morgan fingerprint density at radius 3 is 2.30 bits per heavy atom. The van der Waals surface area contributed by atoms with Crippen molar-refractivity contribution in [2.45, 2.75) is 88.7 Å². The molecule has 2 rings (SSSR count). The first kappa shape index (κ1) is 34.7. The van der Waals surface area contributed by atoms with E-state index in [9.17, 15) is 43.8 Å². The summed E-state index contributed by atoms with van der Waals surface area (Å²) in [5.74, 6) is -6.30. The van der Waals surface area contributed by atoms with Gasteiger partial charge in [-0.15, -0.1) is 0 Å². The Morgan fingerprint density at radius 2 is 1.67 bits per heavy atom. The second kappa shape index (κ2) is 16.2. The Balaban J connectivity index is 2.44. The highest BCUT2D eigenvalue weighted by Gasteiger charge is 2.39. The lowest BCUT2D eigenvalue weighted by atomic mass is 10.1. The van der Waals surface area contributed by atoms with Crippen molar-refractivity contribution in [2.24, 2.45) is 16.5 Å². The highest BCUT2D eigenvalue weighted by atomic mass is 16.4. The average molecular weight is 612 g/mol. The molecule has 2 saturated heterocycles. The van der Waals surface area contributed by atoms with Crippen LogP contribution >= 0.6 is 0 Å². The fourth-order valence-electron chi connectivity index (χ4n) is 4.66. The van der Waals surface area contributed by atoms with Gasteiger partial charge in [-0.25, -0.2) is 0 Å². The molecule has 240 valence electrons.